The number of anilines is 1. The number of nitrogens with zero attached hydrogens (tertiary/aromatic N) is 7. The van der Waals surface area contributed by atoms with E-state index in [1.165, 1.54) is 11.0 Å². The fourth-order valence-electron chi connectivity index (χ4n) is 0.895. The number of aryl methyl sites for hydroxylation is 1. The molecule has 0 fully saturated rings. The monoisotopic (exact) mass is 180 g/mol. The molecule has 0 atom stereocenters. The lowest BCUT2D eigenvalue weighted by Crippen LogP contribution is -2.09. The first-order chi connectivity index (χ1) is 6.25. The predicted octanol–water partition coefficient (Wildman–Crippen LogP) is -1.57. The van der Waals surface area contributed by atoms with Crippen LogP contribution in [0.4, 0.5) is 5.82 Å². The van der Waals surface area contributed by atoms with Crippen molar-refractivity contribution in [1.29, 1.82) is 0 Å². The second kappa shape index (κ2) is 2.81. The molecular weight excluding hydrogens is 172 g/mol. The van der Waals surface area contributed by atoms with Gasteiger partial charge in [-0.2, -0.15) is 9.90 Å². The van der Waals surface area contributed by atoms with Gasteiger partial charge < -0.3 is 5.73 Å². The Hall–Kier alpha value is -1.99. The molecular formula is C5H8N8. The molecule has 68 valence electrons. The summed E-state index contributed by atoms with van der Waals surface area (Å²) in [4.78, 5) is 1.43. The van der Waals surface area contributed by atoms with Crippen molar-refractivity contribution in [2.24, 2.45) is 7.05 Å². The van der Waals surface area contributed by atoms with Gasteiger partial charge in [-0.25, -0.2) is 4.68 Å². The van der Waals surface area contributed by atoms with Crippen LogP contribution in [0.25, 0.3) is 0 Å². The first kappa shape index (κ1) is 7.65. The van der Waals surface area contributed by atoms with Crippen LogP contribution in [0.3, 0.4) is 0 Å². The largest absolute Gasteiger partial charge is 0.381 e. The standard InChI is InChI=1S/C5H8N8/c1-12-5(8-10-11-12)3-13-7-2-4(6)9-13/h2H,3H2,1H3,(H2,6,9). The summed E-state index contributed by atoms with van der Waals surface area (Å²) in [6, 6.07) is 0. The van der Waals surface area contributed by atoms with Crippen LogP contribution < -0.4 is 5.73 Å². The smallest absolute Gasteiger partial charge is 0.174 e. The Balaban J connectivity index is 2.19. The molecule has 2 heterocycles. The molecule has 2 aromatic heterocycles. The number of tetrazole rings is 1. The van der Waals surface area contributed by atoms with E-state index in [0.717, 1.165) is 0 Å². The lowest BCUT2D eigenvalue weighted by molar-refractivity contribution is 0.547. The second-order valence-corrected chi connectivity index (χ2v) is 2.52. The third-order valence-electron chi connectivity index (χ3n) is 1.54. The van der Waals surface area contributed by atoms with Gasteiger partial charge in [0.2, 0.25) is 0 Å². The predicted molar refractivity (Wildman–Crippen MR) is 42.3 cm³/mol. The number of nitrogen functional groups attached to an aromatic ring is 1. The molecule has 0 aliphatic rings. The fraction of sp³-hybridized carbons (Fsp3) is 0.400. The zero-order valence-electron chi connectivity index (χ0n) is 6.99. The molecule has 2 aromatic rings. The molecule has 2 N–H and O–H groups in total. The van der Waals surface area contributed by atoms with Gasteiger partial charge in [-0.1, -0.05) is 0 Å². The summed E-state index contributed by atoms with van der Waals surface area (Å²) in [5.41, 5.74) is 5.39. The Bertz CT molecular complexity index is 400. The van der Waals surface area contributed by atoms with Crippen molar-refractivity contribution in [3.05, 3.63) is 12.0 Å². The van der Waals surface area contributed by atoms with Crippen LogP contribution >= 0.6 is 0 Å². The summed E-state index contributed by atoms with van der Waals surface area (Å²) in [7, 11) is 1.75. The summed E-state index contributed by atoms with van der Waals surface area (Å²) in [5, 5.41) is 18.7. The molecule has 0 saturated carbocycles. The van der Waals surface area contributed by atoms with Gasteiger partial charge >= 0.3 is 0 Å². The van der Waals surface area contributed by atoms with Gasteiger partial charge in [-0.3, -0.25) is 0 Å². The quantitative estimate of drug-likeness (QED) is 0.599. The molecule has 8 heteroatoms. The van der Waals surface area contributed by atoms with E-state index in [0.29, 0.717) is 18.2 Å². The van der Waals surface area contributed by atoms with Crippen LogP contribution in [-0.4, -0.2) is 35.2 Å². The van der Waals surface area contributed by atoms with Gasteiger partial charge in [0.25, 0.3) is 0 Å². The number of aromatic nitrogens is 7. The SMILES string of the molecule is Cn1nnnc1Cn1ncc(N)n1. The van der Waals surface area contributed by atoms with Crippen molar-refractivity contribution >= 4 is 5.82 Å². The zero-order chi connectivity index (χ0) is 9.26. The fourth-order valence-corrected chi connectivity index (χ4v) is 0.895. The maximum absolute atomic E-state index is 5.39. The molecule has 8 nitrogen and oxygen atoms in total. The summed E-state index contributed by atoms with van der Waals surface area (Å²) in [6.07, 6.45) is 1.48. The Kier molecular flexibility index (Phi) is 1.65. The van der Waals surface area contributed by atoms with Crippen molar-refractivity contribution in [1.82, 2.24) is 35.2 Å². The molecule has 0 spiro atoms. The molecule has 0 radical (unpaired) electrons. The van der Waals surface area contributed by atoms with Gasteiger partial charge in [0.1, 0.15) is 6.54 Å². The highest BCUT2D eigenvalue weighted by atomic mass is 15.6. The number of nitrogens with two attached hydrogens (primary N) is 1. The lowest BCUT2D eigenvalue weighted by atomic mass is 10.6. The third kappa shape index (κ3) is 1.45. The van der Waals surface area contributed by atoms with Crippen molar-refractivity contribution in [3.63, 3.8) is 0 Å². The van der Waals surface area contributed by atoms with E-state index in [9.17, 15) is 0 Å². The van der Waals surface area contributed by atoms with E-state index in [-0.39, 0.29) is 0 Å². The Labute approximate surface area is 73.3 Å². The minimum Gasteiger partial charge on any atom is -0.381 e. The number of rotatable bonds is 2. The average Bonchev–Trinajstić information content (AvgIpc) is 2.64. The highest BCUT2D eigenvalue weighted by Crippen LogP contribution is 1.95. The number of hydrogen-bond donors (Lipinski definition) is 1. The van der Waals surface area contributed by atoms with Crippen LogP contribution in [0.15, 0.2) is 6.20 Å². The minimum atomic E-state index is 0.384. The van der Waals surface area contributed by atoms with Crippen molar-refractivity contribution < 1.29 is 0 Å². The van der Waals surface area contributed by atoms with E-state index in [1.54, 1.807) is 11.7 Å². The van der Waals surface area contributed by atoms with Crippen molar-refractivity contribution in [2.45, 2.75) is 6.54 Å². The average molecular weight is 180 g/mol. The summed E-state index contributed by atoms with van der Waals surface area (Å²) < 4.78 is 1.56. The normalized spacial score (nSPS) is 10.5. The highest BCUT2D eigenvalue weighted by molar-refractivity contribution is 5.19. The van der Waals surface area contributed by atoms with Crippen LogP contribution in [-0.2, 0) is 13.6 Å². The molecule has 0 amide bonds. The molecule has 0 unspecified atom stereocenters. The van der Waals surface area contributed by atoms with Gasteiger partial charge in [0, 0.05) is 7.05 Å². The Morgan fingerprint density at radius 3 is 2.92 bits per heavy atom. The molecule has 0 aliphatic carbocycles. The summed E-state index contributed by atoms with van der Waals surface area (Å²) >= 11 is 0. The van der Waals surface area contributed by atoms with Crippen LogP contribution in [0.2, 0.25) is 0 Å². The first-order valence-corrected chi connectivity index (χ1v) is 3.62. The van der Waals surface area contributed by atoms with E-state index in [1.807, 2.05) is 0 Å². The van der Waals surface area contributed by atoms with E-state index in [4.69, 9.17) is 5.73 Å². The molecule has 13 heavy (non-hydrogen) atoms. The Morgan fingerprint density at radius 1 is 1.54 bits per heavy atom. The Morgan fingerprint density at radius 2 is 2.38 bits per heavy atom. The van der Waals surface area contributed by atoms with Gasteiger partial charge in [0.15, 0.2) is 11.6 Å². The minimum absolute atomic E-state index is 0.384. The van der Waals surface area contributed by atoms with Gasteiger partial charge in [0.05, 0.1) is 6.20 Å². The van der Waals surface area contributed by atoms with Crippen LogP contribution in [0.5, 0.6) is 0 Å². The lowest BCUT2D eigenvalue weighted by Gasteiger charge is -1.96. The molecule has 0 saturated heterocycles. The highest BCUT2D eigenvalue weighted by Gasteiger charge is 2.04. The van der Waals surface area contributed by atoms with Crippen LogP contribution in [0, 0.1) is 0 Å². The number of hydrogen-bond acceptors (Lipinski definition) is 6. The first-order valence-electron chi connectivity index (χ1n) is 3.62. The van der Waals surface area contributed by atoms with Gasteiger partial charge in [-0.05, 0) is 10.4 Å². The third-order valence-corrected chi connectivity index (χ3v) is 1.54. The maximum Gasteiger partial charge on any atom is 0.174 e. The summed E-state index contributed by atoms with van der Waals surface area (Å²) in [5.74, 6) is 1.06. The van der Waals surface area contributed by atoms with Crippen molar-refractivity contribution in [3.8, 4) is 0 Å². The molecule has 0 aromatic carbocycles. The topological polar surface area (TPSA) is 100 Å². The van der Waals surface area contributed by atoms with E-state index in [2.05, 4.69) is 25.7 Å². The van der Waals surface area contributed by atoms with E-state index < -0.39 is 0 Å². The van der Waals surface area contributed by atoms with E-state index >= 15 is 0 Å². The zero-order valence-corrected chi connectivity index (χ0v) is 6.99. The molecule has 0 aliphatic heterocycles. The van der Waals surface area contributed by atoms with Crippen LogP contribution in [0.1, 0.15) is 5.82 Å². The van der Waals surface area contributed by atoms with Crippen molar-refractivity contribution in [2.75, 3.05) is 5.73 Å². The maximum atomic E-state index is 5.39. The molecule has 0 bridgehead atoms. The summed E-state index contributed by atoms with van der Waals surface area (Å²) in [6.45, 7) is 0.417. The van der Waals surface area contributed by atoms with Gasteiger partial charge in [-0.15, -0.1) is 10.2 Å². The second-order valence-electron chi connectivity index (χ2n) is 2.52. The molecule has 2 rings (SSSR count).